The Hall–Kier alpha value is -1.84. The molecule has 0 spiro atoms. The molecule has 0 bridgehead atoms. The van der Waals surface area contributed by atoms with Crippen molar-refractivity contribution in [2.45, 2.75) is 40.2 Å². The summed E-state index contributed by atoms with van der Waals surface area (Å²) < 4.78 is 0. The molecule has 0 radical (unpaired) electrons. The van der Waals surface area contributed by atoms with Gasteiger partial charge < -0.3 is 10.6 Å². The van der Waals surface area contributed by atoms with Crippen LogP contribution in [0.3, 0.4) is 0 Å². The molecule has 0 aromatic heterocycles. The van der Waals surface area contributed by atoms with Gasteiger partial charge in [0.05, 0.1) is 0 Å². The lowest BCUT2D eigenvalue weighted by atomic mass is 10.1. The van der Waals surface area contributed by atoms with Gasteiger partial charge in [-0.25, -0.2) is 0 Å². The van der Waals surface area contributed by atoms with Gasteiger partial charge >= 0.3 is 0 Å². The van der Waals surface area contributed by atoms with Crippen LogP contribution in [0.4, 0.5) is 0 Å². The first-order chi connectivity index (χ1) is 8.95. The lowest BCUT2D eigenvalue weighted by Crippen LogP contribution is -2.45. The van der Waals surface area contributed by atoms with Crippen molar-refractivity contribution in [2.24, 2.45) is 0 Å². The minimum atomic E-state index is -0.527. The van der Waals surface area contributed by atoms with Crippen LogP contribution in [0.25, 0.3) is 0 Å². The summed E-state index contributed by atoms with van der Waals surface area (Å²) in [6.45, 7) is 8.26. The van der Waals surface area contributed by atoms with Crippen LogP contribution >= 0.6 is 0 Å². The Labute approximate surface area is 114 Å². The van der Waals surface area contributed by atoms with E-state index in [4.69, 9.17) is 0 Å². The fourth-order valence-electron chi connectivity index (χ4n) is 1.63. The maximum atomic E-state index is 12.0. The SMILES string of the molecule is CCCNC(=O)C(C)NC(=O)c1ccc(C)c(C)c1. The van der Waals surface area contributed by atoms with Crippen molar-refractivity contribution < 1.29 is 9.59 Å². The topological polar surface area (TPSA) is 58.2 Å². The molecule has 1 aromatic rings. The van der Waals surface area contributed by atoms with Crippen LogP contribution in [-0.4, -0.2) is 24.4 Å². The van der Waals surface area contributed by atoms with E-state index in [9.17, 15) is 9.59 Å². The van der Waals surface area contributed by atoms with Gasteiger partial charge in [0.15, 0.2) is 0 Å². The molecule has 0 saturated heterocycles. The summed E-state index contributed by atoms with van der Waals surface area (Å²) in [7, 11) is 0. The molecule has 104 valence electrons. The molecule has 0 heterocycles. The second-order valence-corrected chi connectivity index (χ2v) is 4.79. The highest BCUT2D eigenvalue weighted by atomic mass is 16.2. The Bertz CT molecular complexity index is 469. The first kappa shape index (κ1) is 15.2. The van der Waals surface area contributed by atoms with Gasteiger partial charge in [0.1, 0.15) is 6.04 Å². The Balaban J connectivity index is 2.63. The molecule has 19 heavy (non-hydrogen) atoms. The summed E-state index contributed by atoms with van der Waals surface area (Å²) in [5, 5.41) is 5.46. The molecule has 2 amide bonds. The minimum Gasteiger partial charge on any atom is -0.354 e. The molecule has 1 rings (SSSR count). The van der Waals surface area contributed by atoms with Crippen molar-refractivity contribution in [3.05, 3.63) is 34.9 Å². The number of aryl methyl sites for hydroxylation is 2. The monoisotopic (exact) mass is 262 g/mol. The number of rotatable bonds is 5. The summed E-state index contributed by atoms with van der Waals surface area (Å²) >= 11 is 0. The Kier molecular flexibility index (Phi) is 5.55. The minimum absolute atomic E-state index is 0.154. The van der Waals surface area contributed by atoms with Crippen LogP contribution in [0.2, 0.25) is 0 Å². The highest BCUT2D eigenvalue weighted by Crippen LogP contribution is 2.09. The molecule has 1 aromatic carbocycles. The molecule has 1 unspecified atom stereocenters. The highest BCUT2D eigenvalue weighted by Gasteiger charge is 2.16. The number of hydrogen-bond acceptors (Lipinski definition) is 2. The molecule has 4 heteroatoms. The van der Waals surface area contributed by atoms with Crippen LogP contribution < -0.4 is 10.6 Å². The summed E-state index contributed by atoms with van der Waals surface area (Å²) in [4.78, 5) is 23.7. The molecule has 0 fully saturated rings. The van der Waals surface area contributed by atoms with E-state index >= 15 is 0 Å². The van der Waals surface area contributed by atoms with Gasteiger partial charge in [-0.1, -0.05) is 13.0 Å². The summed E-state index contributed by atoms with van der Waals surface area (Å²) in [6.07, 6.45) is 0.879. The number of carbonyl (C=O) groups excluding carboxylic acids is 2. The smallest absolute Gasteiger partial charge is 0.251 e. The molecule has 0 saturated carbocycles. The number of carbonyl (C=O) groups is 2. The maximum absolute atomic E-state index is 12.0. The van der Waals surface area contributed by atoms with Crippen molar-refractivity contribution in [1.82, 2.24) is 10.6 Å². The molecule has 2 N–H and O–H groups in total. The second kappa shape index (κ2) is 6.92. The van der Waals surface area contributed by atoms with Crippen molar-refractivity contribution in [3.8, 4) is 0 Å². The average molecular weight is 262 g/mol. The first-order valence-corrected chi connectivity index (χ1v) is 6.61. The fraction of sp³-hybridized carbons (Fsp3) is 0.467. The highest BCUT2D eigenvalue weighted by molar-refractivity contribution is 5.97. The zero-order chi connectivity index (χ0) is 14.4. The van der Waals surface area contributed by atoms with Crippen LogP contribution in [0.1, 0.15) is 41.8 Å². The lowest BCUT2D eigenvalue weighted by molar-refractivity contribution is -0.122. The van der Waals surface area contributed by atoms with Gasteiger partial charge in [0.2, 0.25) is 5.91 Å². The van der Waals surface area contributed by atoms with Crippen LogP contribution in [0.15, 0.2) is 18.2 Å². The Morgan fingerprint density at radius 3 is 2.47 bits per heavy atom. The number of nitrogens with one attached hydrogen (secondary N) is 2. The third kappa shape index (κ3) is 4.39. The normalized spacial score (nSPS) is 11.8. The zero-order valence-corrected chi connectivity index (χ0v) is 12.0. The van der Waals surface area contributed by atoms with Crippen LogP contribution in [-0.2, 0) is 4.79 Å². The van der Waals surface area contributed by atoms with Crippen molar-refractivity contribution in [2.75, 3.05) is 6.54 Å². The lowest BCUT2D eigenvalue weighted by Gasteiger charge is -2.14. The average Bonchev–Trinajstić information content (AvgIpc) is 2.38. The predicted octanol–water partition coefficient (Wildman–Crippen LogP) is 1.95. The summed E-state index contributed by atoms with van der Waals surface area (Å²) in [5.74, 6) is -0.374. The van der Waals surface area contributed by atoms with Crippen molar-refractivity contribution in [1.29, 1.82) is 0 Å². The maximum Gasteiger partial charge on any atom is 0.251 e. The van der Waals surface area contributed by atoms with Crippen LogP contribution in [0.5, 0.6) is 0 Å². The van der Waals surface area contributed by atoms with E-state index in [2.05, 4.69) is 10.6 Å². The van der Waals surface area contributed by atoms with Crippen LogP contribution in [0, 0.1) is 13.8 Å². The Morgan fingerprint density at radius 1 is 1.21 bits per heavy atom. The third-order valence-electron chi connectivity index (χ3n) is 3.06. The van der Waals surface area contributed by atoms with Gasteiger partial charge in [-0.15, -0.1) is 0 Å². The van der Waals surface area contributed by atoms with E-state index < -0.39 is 6.04 Å². The van der Waals surface area contributed by atoms with E-state index in [1.54, 1.807) is 13.0 Å². The van der Waals surface area contributed by atoms with E-state index in [1.165, 1.54) is 0 Å². The van der Waals surface area contributed by atoms with Gasteiger partial charge in [0, 0.05) is 12.1 Å². The molecule has 0 aliphatic carbocycles. The molecule has 1 atom stereocenters. The predicted molar refractivity (Wildman–Crippen MR) is 76.1 cm³/mol. The molecule has 4 nitrogen and oxygen atoms in total. The van der Waals surface area contributed by atoms with E-state index in [0.717, 1.165) is 17.5 Å². The number of benzene rings is 1. The standard InChI is InChI=1S/C15H22N2O2/c1-5-8-16-14(18)12(4)17-15(19)13-7-6-10(2)11(3)9-13/h6-7,9,12H,5,8H2,1-4H3,(H,16,18)(H,17,19). The Morgan fingerprint density at radius 2 is 1.89 bits per heavy atom. The largest absolute Gasteiger partial charge is 0.354 e. The fourth-order valence-corrected chi connectivity index (χ4v) is 1.63. The van der Waals surface area contributed by atoms with Crippen molar-refractivity contribution in [3.63, 3.8) is 0 Å². The summed E-state index contributed by atoms with van der Waals surface area (Å²) in [6, 6.07) is 4.99. The van der Waals surface area contributed by atoms with E-state index in [1.807, 2.05) is 32.9 Å². The molecular weight excluding hydrogens is 240 g/mol. The van der Waals surface area contributed by atoms with E-state index in [-0.39, 0.29) is 11.8 Å². The summed E-state index contributed by atoms with van der Waals surface area (Å²) in [5.41, 5.74) is 2.79. The quantitative estimate of drug-likeness (QED) is 0.852. The molecule has 0 aliphatic heterocycles. The third-order valence-corrected chi connectivity index (χ3v) is 3.06. The van der Waals surface area contributed by atoms with Gasteiger partial charge in [-0.2, -0.15) is 0 Å². The molecular formula is C15H22N2O2. The van der Waals surface area contributed by atoms with Gasteiger partial charge in [-0.05, 0) is 50.5 Å². The van der Waals surface area contributed by atoms with E-state index in [0.29, 0.717) is 12.1 Å². The second-order valence-electron chi connectivity index (χ2n) is 4.79. The zero-order valence-electron chi connectivity index (χ0n) is 12.0. The number of amides is 2. The van der Waals surface area contributed by atoms with Crippen molar-refractivity contribution >= 4 is 11.8 Å². The van der Waals surface area contributed by atoms with Gasteiger partial charge in [0.25, 0.3) is 5.91 Å². The first-order valence-electron chi connectivity index (χ1n) is 6.61. The van der Waals surface area contributed by atoms with Gasteiger partial charge in [-0.3, -0.25) is 9.59 Å². The molecule has 0 aliphatic rings. The number of hydrogen-bond donors (Lipinski definition) is 2.